The number of amides is 1. The van der Waals surface area contributed by atoms with Gasteiger partial charge in [-0.1, -0.05) is 18.2 Å². The van der Waals surface area contributed by atoms with E-state index >= 15 is 0 Å². The normalized spacial score (nSPS) is 15.9. The molecule has 2 aliphatic rings. The van der Waals surface area contributed by atoms with E-state index in [1.807, 2.05) is 23.1 Å². The van der Waals surface area contributed by atoms with E-state index in [4.69, 9.17) is 9.47 Å². The Hall–Kier alpha value is -2.24. The van der Waals surface area contributed by atoms with Crippen LogP contribution in [0.2, 0.25) is 0 Å². The fraction of sp³-hybridized carbons (Fsp3) is 0.435. The predicted molar refractivity (Wildman–Crippen MR) is 116 cm³/mol. The zero-order chi connectivity index (χ0) is 19.5. The van der Waals surface area contributed by atoms with E-state index < -0.39 is 0 Å². The van der Waals surface area contributed by atoms with Crippen LogP contribution in [0.4, 0.5) is 0 Å². The van der Waals surface area contributed by atoms with E-state index in [1.165, 1.54) is 16.7 Å². The van der Waals surface area contributed by atoms with E-state index in [2.05, 4.69) is 23.1 Å². The van der Waals surface area contributed by atoms with Gasteiger partial charge in [-0.2, -0.15) is 0 Å². The summed E-state index contributed by atoms with van der Waals surface area (Å²) in [6, 6.07) is 12.2. The molecule has 0 unspecified atom stereocenters. The van der Waals surface area contributed by atoms with Crippen LogP contribution in [0.25, 0.3) is 0 Å². The number of carbonyl (C=O) groups excluding carboxylic acids is 1. The second-order valence-corrected chi connectivity index (χ2v) is 7.55. The number of nitrogens with zero attached hydrogens (tertiary/aromatic N) is 2. The van der Waals surface area contributed by atoms with Crippen molar-refractivity contribution in [3.8, 4) is 11.5 Å². The van der Waals surface area contributed by atoms with Crippen LogP contribution < -0.4 is 9.47 Å². The quantitative estimate of drug-likeness (QED) is 0.721. The number of fused-ring (bicyclic) bond motifs is 2. The zero-order valence-electron chi connectivity index (χ0n) is 17.1. The molecule has 2 aliphatic heterocycles. The Kier molecular flexibility index (Phi) is 7.04. The molecule has 2 heterocycles. The lowest BCUT2D eigenvalue weighted by Crippen LogP contribution is -2.40. The van der Waals surface area contributed by atoms with Gasteiger partial charge in [-0.15, -0.1) is 12.4 Å². The van der Waals surface area contributed by atoms with Gasteiger partial charge in [0.15, 0.2) is 11.5 Å². The summed E-state index contributed by atoms with van der Waals surface area (Å²) < 4.78 is 10.9. The van der Waals surface area contributed by atoms with Crippen LogP contribution in [-0.2, 0) is 19.4 Å². The average Bonchev–Trinajstić information content (AvgIpc) is 2.74. The molecule has 4 rings (SSSR count). The summed E-state index contributed by atoms with van der Waals surface area (Å²) in [4.78, 5) is 17.2. The van der Waals surface area contributed by atoms with Crippen molar-refractivity contribution < 1.29 is 14.3 Å². The Bertz CT molecular complexity index is 871. The van der Waals surface area contributed by atoms with Crippen LogP contribution in [0, 0.1) is 0 Å². The first kappa shape index (κ1) is 21.5. The molecule has 2 aromatic carbocycles. The summed E-state index contributed by atoms with van der Waals surface area (Å²) >= 11 is 0. The molecule has 0 radical (unpaired) electrons. The molecular formula is C23H29ClN2O3. The van der Waals surface area contributed by atoms with Crippen LogP contribution >= 0.6 is 12.4 Å². The van der Waals surface area contributed by atoms with Gasteiger partial charge in [0.25, 0.3) is 5.91 Å². The fourth-order valence-corrected chi connectivity index (χ4v) is 4.31. The molecule has 29 heavy (non-hydrogen) atoms. The van der Waals surface area contributed by atoms with Crippen molar-refractivity contribution in [2.75, 3.05) is 40.4 Å². The maximum Gasteiger partial charge on any atom is 0.254 e. The van der Waals surface area contributed by atoms with Crippen LogP contribution in [0.15, 0.2) is 36.4 Å². The molecule has 5 nitrogen and oxygen atoms in total. The van der Waals surface area contributed by atoms with E-state index in [9.17, 15) is 4.79 Å². The van der Waals surface area contributed by atoms with E-state index in [-0.39, 0.29) is 18.3 Å². The van der Waals surface area contributed by atoms with Gasteiger partial charge in [-0.3, -0.25) is 9.69 Å². The predicted octanol–water partition coefficient (Wildman–Crippen LogP) is 3.57. The van der Waals surface area contributed by atoms with Crippen LogP contribution in [0.5, 0.6) is 11.5 Å². The van der Waals surface area contributed by atoms with E-state index in [0.717, 1.165) is 69.0 Å². The number of ether oxygens (including phenoxy) is 2. The largest absolute Gasteiger partial charge is 0.493 e. The first-order valence-corrected chi connectivity index (χ1v) is 10.0. The number of hydrogen-bond donors (Lipinski definition) is 0. The van der Waals surface area contributed by atoms with Crippen molar-refractivity contribution in [1.82, 2.24) is 9.80 Å². The summed E-state index contributed by atoms with van der Waals surface area (Å²) in [5.74, 6) is 1.78. The van der Waals surface area contributed by atoms with Crippen LogP contribution in [0.3, 0.4) is 0 Å². The highest BCUT2D eigenvalue weighted by Gasteiger charge is 2.24. The smallest absolute Gasteiger partial charge is 0.254 e. The Morgan fingerprint density at radius 2 is 1.59 bits per heavy atom. The van der Waals surface area contributed by atoms with Gasteiger partial charge in [-0.25, -0.2) is 0 Å². The minimum Gasteiger partial charge on any atom is -0.493 e. The molecule has 2 aromatic rings. The average molecular weight is 417 g/mol. The summed E-state index contributed by atoms with van der Waals surface area (Å²) in [6.07, 6.45) is 2.98. The highest BCUT2D eigenvalue weighted by Crippen LogP contribution is 2.33. The standard InChI is InChI=1S/C23H28N2O3.ClH/c1-27-21-14-18-8-12-24(16-19(18)15-22(21)28-2)10-5-11-25-13-9-17-6-3-4-7-20(17)23(25)26;/h3-4,6-7,14-15H,5,8-13,16H2,1-2H3;1H. The number of benzene rings is 2. The number of carbonyl (C=O) groups is 1. The van der Waals surface area contributed by atoms with Gasteiger partial charge in [0.2, 0.25) is 0 Å². The molecule has 0 saturated carbocycles. The Balaban J connectivity index is 0.00000240. The molecule has 0 aromatic heterocycles. The van der Waals surface area contributed by atoms with E-state index in [1.54, 1.807) is 14.2 Å². The first-order chi connectivity index (χ1) is 13.7. The molecule has 1 amide bonds. The second-order valence-electron chi connectivity index (χ2n) is 7.55. The molecule has 6 heteroatoms. The zero-order valence-corrected chi connectivity index (χ0v) is 18.0. The van der Waals surface area contributed by atoms with E-state index in [0.29, 0.717) is 0 Å². The summed E-state index contributed by atoms with van der Waals surface area (Å²) in [7, 11) is 3.36. The number of rotatable bonds is 6. The van der Waals surface area contributed by atoms with Crippen LogP contribution in [0.1, 0.15) is 33.5 Å². The Labute approximate surface area is 179 Å². The topological polar surface area (TPSA) is 42.0 Å². The van der Waals surface area contributed by atoms with Crippen molar-refractivity contribution in [3.63, 3.8) is 0 Å². The minimum absolute atomic E-state index is 0. The van der Waals surface area contributed by atoms with Gasteiger partial charge in [0.05, 0.1) is 14.2 Å². The number of hydrogen-bond acceptors (Lipinski definition) is 4. The lowest BCUT2D eigenvalue weighted by molar-refractivity contribution is 0.0730. The lowest BCUT2D eigenvalue weighted by Gasteiger charge is -2.32. The van der Waals surface area contributed by atoms with Gasteiger partial charge < -0.3 is 14.4 Å². The first-order valence-electron chi connectivity index (χ1n) is 10.0. The SMILES string of the molecule is COc1cc2c(cc1OC)CN(CCCN1CCc3ccccc3C1=O)CC2.Cl. The van der Waals surface area contributed by atoms with Crippen molar-refractivity contribution in [2.45, 2.75) is 25.8 Å². The molecule has 0 fully saturated rings. The van der Waals surface area contributed by atoms with Crippen LogP contribution in [-0.4, -0.2) is 56.1 Å². The Morgan fingerprint density at radius 1 is 0.897 bits per heavy atom. The highest BCUT2D eigenvalue weighted by atomic mass is 35.5. The monoisotopic (exact) mass is 416 g/mol. The second kappa shape index (κ2) is 9.51. The highest BCUT2D eigenvalue weighted by molar-refractivity contribution is 5.96. The maximum atomic E-state index is 12.7. The van der Waals surface area contributed by atoms with Gasteiger partial charge >= 0.3 is 0 Å². The molecule has 0 aliphatic carbocycles. The lowest BCUT2D eigenvalue weighted by atomic mass is 9.98. The molecule has 0 spiro atoms. The molecular weight excluding hydrogens is 388 g/mol. The number of methoxy groups -OCH3 is 2. The third kappa shape index (κ3) is 4.51. The Morgan fingerprint density at radius 3 is 2.34 bits per heavy atom. The minimum atomic E-state index is 0. The summed E-state index contributed by atoms with van der Waals surface area (Å²) in [5, 5.41) is 0. The van der Waals surface area contributed by atoms with Gasteiger partial charge in [-0.05, 0) is 54.2 Å². The van der Waals surface area contributed by atoms with Crippen molar-refractivity contribution >= 4 is 18.3 Å². The fourth-order valence-electron chi connectivity index (χ4n) is 4.31. The van der Waals surface area contributed by atoms with Gasteiger partial charge in [0, 0.05) is 38.3 Å². The molecule has 0 saturated heterocycles. The maximum absolute atomic E-state index is 12.7. The third-order valence-corrected chi connectivity index (χ3v) is 5.89. The van der Waals surface area contributed by atoms with Crippen molar-refractivity contribution in [2.24, 2.45) is 0 Å². The van der Waals surface area contributed by atoms with Crippen molar-refractivity contribution in [1.29, 1.82) is 0 Å². The molecule has 0 atom stereocenters. The number of halogens is 1. The van der Waals surface area contributed by atoms with Crippen molar-refractivity contribution in [3.05, 3.63) is 58.7 Å². The van der Waals surface area contributed by atoms with Gasteiger partial charge in [0.1, 0.15) is 0 Å². The molecule has 0 bridgehead atoms. The molecule has 0 N–H and O–H groups in total. The summed E-state index contributed by atoms with van der Waals surface area (Å²) in [5.41, 5.74) is 4.71. The summed E-state index contributed by atoms with van der Waals surface area (Å²) in [6.45, 7) is 4.61. The molecule has 156 valence electrons. The third-order valence-electron chi connectivity index (χ3n) is 5.89.